The van der Waals surface area contributed by atoms with Crippen molar-refractivity contribution in [3.63, 3.8) is 0 Å². The number of benzene rings is 1. The third kappa shape index (κ3) is 8.11. The topological polar surface area (TPSA) is 81.4 Å². The molecule has 0 atom stereocenters. The van der Waals surface area contributed by atoms with E-state index in [4.69, 9.17) is 10.5 Å². The second-order valence-electron chi connectivity index (χ2n) is 4.61. The lowest BCUT2D eigenvalue weighted by Crippen LogP contribution is -2.30. The van der Waals surface area contributed by atoms with Crippen molar-refractivity contribution in [2.45, 2.75) is 11.8 Å². The Hall–Kier alpha value is -1.02. The number of nitrogens with one attached hydrogen (secondary N) is 1. The molecular weight excluding hydrogens is 308 g/mol. The highest BCUT2D eigenvalue weighted by Gasteiger charge is 2.10. The van der Waals surface area contributed by atoms with E-state index in [0.29, 0.717) is 24.7 Å². The van der Waals surface area contributed by atoms with Gasteiger partial charge in [0.1, 0.15) is 0 Å². The quantitative estimate of drug-likeness (QED) is 0.296. The largest absolute Gasteiger partial charge is 0.398 e. The summed E-state index contributed by atoms with van der Waals surface area (Å²) in [5.74, 6) is 0.503. The summed E-state index contributed by atoms with van der Waals surface area (Å²) in [5, 5.41) is 0. The number of nitrogen functional groups attached to an aromatic ring is 1. The minimum atomic E-state index is -3.28. The van der Waals surface area contributed by atoms with E-state index < -0.39 is 10.0 Å². The fourth-order valence-electron chi connectivity index (χ4n) is 1.46. The standard InChI is InChI=1S/C14H22N2O3S2/c1-12(2)11-19-8-7-16-21(17,18)10-9-20-14-6-4-3-5-13(14)15/h3-6,16H,1,7-11,15H2,2H3. The molecule has 0 aliphatic carbocycles. The van der Waals surface area contributed by atoms with Crippen molar-refractivity contribution in [2.75, 3.05) is 37.0 Å². The number of para-hydroxylation sites is 1. The van der Waals surface area contributed by atoms with Gasteiger partial charge in [-0.3, -0.25) is 0 Å². The Morgan fingerprint density at radius 2 is 2.14 bits per heavy atom. The van der Waals surface area contributed by atoms with Crippen LogP contribution in [0.5, 0.6) is 0 Å². The summed E-state index contributed by atoms with van der Waals surface area (Å²) >= 11 is 1.43. The van der Waals surface area contributed by atoms with Crippen molar-refractivity contribution in [1.29, 1.82) is 0 Å². The van der Waals surface area contributed by atoms with Gasteiger partial charge in [-0.25, -0.2) is 13.1 Å². The van der Waals surface area contributed by atoms with Gasteiger partial charge in [0.15, 0.2) is 0 Å². The van der Waals surface area contributed by atoms with Crippen LogP contribution in [-0.2, 0) is 14.8 Å². The van der Waals surface area contributed by atoms with Crippen LogP contribution in [0.15, 0.2) is 41.3 Å². The molecule has 0 saturated heterocycles. The number of hydrogen-bond acceptors (Lipinski definition) is 5. The van der Waals surface area contributed by atoms with Gasteiger partial charge < -0.3 is 10.5 Å². The molecule has 0 unspecified atom stereocenters. The maximum Gasteiger partial charge on any atom is 0.212 e. The van der Waals surface area contributed by atoms with Gasteiger partial charge in [0.2, 0.25) is 10.0 Å². The second kappa shape index (κ2) is 9.09. The lowest BCUT2D eigenvalue weighted by molar-refractivity contribution is 0.162. The molecule has 1 rings (SSSR count). The van der Waals surface area contributed by atoms with Crippen molar-refractivity contribution in [2.24, 2.45) is 0 Å². The molecule has 5 nitrogen and oxygen atoms in total. The number of anilines is 1. The van der Waals surface area contributed by atoms with Crippen LogP contribution in [-0.4, -0.2) is 39.7 Å². The Morgan fingerprint density at radius 3 is 2.81 bits per heavy atom. The van der Waals surface area contributed by atoms with E-state index in [-0.39, 0.29) is 12.3 Å². The molecule has 0 amide bonds. The first-order valence-electron chi connectivity index (χ1n) is 6.57. The zero-order chi connectivity index (χ0) is 15.7. The fraction of sp³-hybridized carbons (Fsp3) is 0.429. The van der Waals surface area contributed by atoms with Crippen LogP contribution in [0, 0.1) is 0 Å². The minimum Gasteiger partial charge on any atom is -0.398 e. The number of hydrogen-bond donors (Lipinski definition) is 2. The Kier molecular flexibility index (Phi) is 7.81. The number of thioether (sulfide) groups is 1. The highest BCUT2D eigenvalue weighted by molar-refractivity contribution is 8.00. The van der Waals surface area contributed by atoms with Crippen molar-refractivity contribution in [1.82, 2.24) is 4.72 Å². The number of nitrogens with two attached hydrogens (primary N) is 1. The fourth-order valence-corrected chi connectivity index (χ4v) is 3.84. The van der Waals surface area contributed by atoms with E-state index in [0.717, 1.165) is 10.5 Å². The van der Waals surface area contributed by atoms with Gasteiger partial charge in [-0.1, -0.05) is 24.3 Å². The predicted octanol–water partition coefficient (Wildman–Crippen LogP) is 1.87. The van der Waals surface area contributed by atoms with E-state index in [9.17, 15) is 8.42 Å². The molecular formula is C14H22N2O3S2. The molecule has 0 saturated carbocycles. The molecule has 118 valence electrons. The molecule has 0 bridgehead atoms. The molecule has 0 aliphatic heterocycles. The van der Waals surface area contributed by atoms with Gasteiger partial charge >= 0.3 is 0 Å². The van der Waals surface area contributed by atoms with Gasteiger partial charge in [0.25, 0.3) is 0 Å². The Bertz CT molecular complexity index is 559. The average Bonchev–Trinajstić information content (AvgIpc) is 2.40. The predicted molar refractivity (Wildman–Crippen MR) is 89.0 cm³/mol. The second-order valence-corrected chi connectivity index (χ2v) is 7.67. The summed E-state index contributed by atoms with van der Waals surface area (Å²) in [4.78, 5) is 0.900. The van der Waals surface area contributed by atoms with Crippen LogP contribution in [0.3, 0.4) is 0 Å². The summed E-state index contributed by atoms with van der Waals surface area (Å²) in [7, 11) is -3.28. The first kappa shape index (κ1) is 18.0. The molecule has 0 aliphatic rings. The van der Waals surface area contributed by atoms with Crippen LogP contribution < -0.4 is 10.5 Å². The normalized spacial score (nSPS) is 11.5. The van der Waals surface area contributed by atoms with E-state index >= 15 is 0 Å². The molecule has 21 heavy (non-hydrogen) atoms. The summed E-state index contributed by atoms with van der Waals surface area (Å²) < 4.78 is 31.3. The van der Waals surface area contributed by atoms with E-state index in [1.54, 1.807) is 6.07 Å². The molecule has 0 radical (unpaired) electrons. The average molecular weight is 330 g/mol. The number of ether oxygens (including phenoxy) is 1. The molecule has 3 N–H and O–H groups in total. The SMILES string of the molecule is C=C(C)COCCNS(=O)(=O)CCSc1ccccc1N. The third-order valence-electron chi connectivity index (χ3n) is 2.45. The van der Waals surface area contributed by atoms with Crippen molar-refractivity contribution in [3.8, 4) is 0 Å². The van der Waals surface area contributed by atoms with Gasteiger partial charge in [-0.15, -0.1) is 11.8 Å². The molecule has 0 spiro atoms. The maximum absolute atomic E-state index is 11.8. The molecule has 0 heterocycles. The van der Waals surface area contributed by atoms with Gasteiger partial charge in [-0.2, -0.15) is 0 Å². The highest BCUT2D eigenvalue weighted by atomic mass is 32.2. The number of rotatable bonds is 10. The molecule has 7 heteroatoms. The van der Waals surface area contributed by atoms with Crippen LogP contribution in [0.25, 0.3) is 0 Å². The summed E-state index contributed by atoms with van der Waals surface area (Å²) in [6.07, 6.45) is 0. The van der Waals surface area contributed by atoms with Crippen molar-refractivity contribution < 1.29 is 13.2 Å². The van der Waals surface area contributed by atoms with Gasteiger partial charge in [-0.05, 0) is 19.1 Å². The Morgan fingerprint density at radius 1 is 1.43 bits per heavy atom. The molecule has 0 fully saturated rings. The summed E-state index contributed by atoms with van der Waals surface area (Å²) in [6.45, 7) is 6.62. The van der Waals surface area contributed by atoms with Crippen LogP contribution in [0.2, 0.25) is 0 Å². The zero-order valence-electron chi connectivity index (χ0n) is 12.2. The summed E-state index contributed by atoms with van der Waals surface area (Å²) in [6, 6.07) is 7.41. The van der Waals surface area contributed by atoms with E-state index in [2.05, 4.69) is 11.3 Å². The van der Waals surface area contributed by atoms with E-state index in [1.807, 2.05) is 25.1 Å². The third-order valence-corrected chi connectivity index (χ3v) is 5.18. The van der Waals surface area contributed by atoms with Gasteiger partial charge in [0.05, 0.1) is 19.0 Å². The van der Waals surface area contributed by atoms with Gasteiger partial charge in [0, 0.05) is 22.9 Å². The first-order valence-corrected chi connectivity index (χ1v) is 9.21. The first-order chi connectivity index (χ1) is 9.91. The Balaban J connectivity index is 2.24. The molecule has 1 aromatic carbocycles. The van der Waals surface area contributed by atoms with Crippen molar-refractivity contribution >= 4 is 27.5 Å². The lowest BCUT2D eigenvalue weighted by atomic mass is 10.3. The molecule has 1 aromatic rings. The monoisotopic (exact) mass is 330 g/mol. The maximum atomic E-state index is 11.8. The Labute approximate surface area is 131 Å². The molecule has 0 aromatic heterocycles. The zero-order valence-corrected chi connectivity index (χ0v) is 13.8. The van der Waals surface area contributed by atoms with Crippen LogP contribution in [0.4, 0.5) is 5.69 Å². The summed E-state index contributed by atoms with van der Waals surface area (Å²) in [5.41, 5.74) is 7.38. The minimum absolute atomic E-state index is 0.0481. The van der Waals surface area contributed by atoms with Crippen LogP contribution >= 0.6 is 11.8 Å². The van der Waals surface area contributed by atoms with Crippen LogP contribution in [0.1, 0.15) is 6.92 Å². The smallest absolute Gasteiger partial charge is 0.212 e. The van der Waals surface area contributed by atoms with Crippen molar-refractivity contribution in [3.05, 3.63) is 36.4 Å². The lowest BCUT2D eigenvalue weighted by Gasteiger charge is -2.08. The highest BCUT2D eigenvalue weighted by Crippen LogP contribution is 2.24. The number of sulfonamides is 1. The van der Waals surface area contributed by atoms with E-state index in [1.165, 1.54) is 11.8 Å².